The Kier molecular flexibility index (Phi) is 8.04. The fourth-order valence-corrected chi connectivity index (χ4v) is 5.91. The van der Waals surface area contributed by atoms with Crippen molar-refractivity contribution in [1.82, 2.24) is 0 Å². The summed E-state index contributed by atoms with van der Waals surface area (Å²) in [6.07, 6.45) is 2.50. The third-order valence-electron chi connectivity index (χ3n) is 7.91. The van der Waals surface area contributed by atoms with Crippen molar-refractivity contribution in [2.45, 2.75) is 71.0 Å². The van der Waals surface area contributed by atoms with Gasteiger partial charge in [-0.05, 0) is 79.6 Å². The summed E-state index contributed by atoms with van der Waals surface area (Å²) in [7, 11) is 1.42. The van der Waals surface area contributed by atoms with Gasteiger partial charge in [0.25, 0.3) is 0 Å². The van der Waals surface area contributed by atoms with Crippen molar-refractivity contribution in [1.29, 1.82) is 0 Å². The molecular weight excluding hydrogens is 527 g/mol. The van der Waals surface area contributed by atoms with Crippen LogP contribution < -0.4 is 14.2 Å². The van der Waals surface area contributed by atoms with Gasteiger partial charge < -0.3 is 24.1 Å². The van der Waals surface area contributed by atoms with Crippen molar-refractivity contribution in [2.75, 3.05) is 7.11 Å². The van der Waals surface area contributed by atoms with E-state index in [0.717, 1.165) is 18.4 Å². The van der Waals surface area contributed by atoms with Gasteiger partial charge in [0, 0.05) is 11.1 Å². The number of hydrogen-bond acceptors (Lipinski definition) is 7. The molecule has 0 unspecified atom stereocenters. The number of aryl methyl sites for hydroxylation is 1. The Morgan fingerprint density at radius 1 is 1.10 bits per heavy atom. The maximum Gasteiger partial charge on any atom is 0.346 e. The summed E-state index contributed by atoms with van der Waals surface area (Å²) < 4.78 is 37.4. The molecule has 0 saturated heterocycles. The molecule has 1 fully saturated rings. The summed E-state index contributed by atoms with van der Waals surface area (Å²) in [5, 5.41) is 10.8. The van der Waals surface area contributed by atoms with Crippen molar-refractivity contribution in [3.05, 3.63) is 82.2 Å². The number of fused-ring (bicyclic) bond motifs is 2. The normalized spacial score (nSPS) is 16.5. The maximum absolute atomic E-state index is 13.9. The van der Waals surface area contributed by atoms with Crippen LogP contribution in [0.15, 0.2) is 48.5 Å². The van der Waals surface area contributed by atoms with Gasteiger partial charge in [0.1, 0.15) is 29.5 Å². The van der Waals surface area contributed by atoms with Crippen LogP contribution in [0.1, 0.15) is 84.7 Å². The topological polar surface area (TPSA) is 91.3 Å². The van der Waals surface area contributed by atoms with E-state index in [1.807, 2.05) is 26.8 Å². The lowest BCUT2D eigenvalue weighted by Crippen LogP contribution is -2.36. The molecule has 1 aliphatic heterocycles. The third kappa shape index (κ3) is 5.53. The number of esters is 2. The van der Waals surface area contributed by atoms with E-state index in [9.17, 15) is 19.1 Å². The van der Waals surface area contributed by atoms with Gasteiger partial charge in [0.2, 0.25) is 0 Å². The molecule has 216 valence electrons. The second-order valence-electron chi connectivity index (χ2n) is 11.3. The monoisotopic (exact) mass is 562 g/mol. The fraction of sp³-hybridized carbons (Fsp3) is 0.394. The minimum absolute atomic E-state index is 0.0508. The summed E-state index contributed by atoms with van der Waals surface area (Å²) in [6, 6.07) is 12.8. The first-order chi connectivity index (χ1) is 19.6. The standard InChI is InChI=1S/C33H35FO7/c1-19(2)15-25(35)24-11-12-26-28(30(24)38-4)31(36)39-18-21-16-20(3)17-27(29(21)40-26)41-32(37)33(13-5-6-14-33)22-7-9-23(34)10-8-22/h7-12,16-17,19,25,35H,5-6,13-15,18H2,1-4H3/t25-/m0/s1. The summed E-state index contributed by atoms with van der Waals surface area (Å²) in [4.78, 5) is 27.1. The van der Waals surface area contributed by atoms with Crippen LogP contribution in [0.2, 0.25) is 0 Å². The van der Waals surface area contributed by atoms with E-state index in [-0.39, 0.29) is 46.9 Å². The Balaban J connectivity index is 1.55. The van der Waals surface area contributed by atoms with Gasteiger partial charge in [-0.2, -0.15) is 0 Å². The predicted octanol–water partition coefficient (Wildman–Crippen LogP) is 7.10. The van der Waals surface area contributed by atoms with E-state index in [1.54, 1.807) is 30.3 Å². The molecule has 41 heavy (non-hydrogen) atoms. The number of benzene rings is 3. The van der Waals surface area contributed by atoms with Crippen molar-refractivity contribution in [3.8, 4) is 23.0 Å². The number of hydrogen-bond donors (Lipinski definition) is 1. The molecule has 0 spiro atoms. The van der Waals surface area contributed by atoms with E-state index < -0.39 is 23.5 Å². The van der Waals surface area contributed by atoms with Gasteiger partial charge in [0.15, 0.2) is 11.5 Å². The smallest absolute Gasteiger partial charge is 0.346 e. The van der Waals surface area contributed by atoms with Gasteiger partial charge >= 0.3 is 11.9 Å². The molecule has 0 radical (unpaired) electrons. The molecule has 8 heteroatoms. The van der Waals surface area contributed by atoms with Crippen LogP contribution in [0.3, 0.4) is 0 Å². The zero-order valence-corrected chi connectivity index (χ0v) is 23.8. The van der Waals surface area contributed by atoms with Crippen LogP contribution in [0, 0.1) is 18.7 Å². The molecule has 0 bridgehead atoms. The largest absolute Gasteiger partial charge is 0.495 e. The molecule has 1 aliphatic carbocycles. The Hall–Kier alpha value is -3.91. The molecule has 2 aliphatic rings. The first-order valence-electron chi connectivity index (χ1n) is 14.0. The summed E-state index contributed by atoms with van der Waals surface area (Å²) in [5.41, 5.74) is 1.65. The number of methoxy groups -OCH3 is 1. The zero-order chi connectivity index (χ0) is 29.3. The SMILES string of the molecule is COc1c([C@@H](O)CC(C)C)ccc2c1C(=O)OCc1cc(C)cc(OC(=O)C3(c4ccc(F)cc4)CCCC3)c1O2. The van der Waals surface area contributed by atoms with E-state index in [0.29, 0.717) is 36.0 Å². The van der Waals surface area contributed by atoms with E-state index in [2.05, 4.69) is 0 Å². The highest BCUT2D eigenvalue weighted by molar-refractivity contribution is 5.97. The lowest BCUT2D eigenvalue weighted by atomic mass is 9.79. The van der Waals surface area contributed by atoms with Gasteiger partial charge in [-0.15, -0.1) is 0 Å². The molecule has 3 aromatic rings. The molecule has 1 saturated carbocycles. The highest BCUT2D eigenvalue weighted by Crippen LogP contribution is 2.47. The van der Waals surface area contributed by atoms with Crippen LogP contribution in [-0.2, 0) is 21.6 Å². The Morgan fingerprint density at radius 2 is 1.80 bits per heavy atom. The average Bonchev–Trinajstić information content (AvgIpc) is 3.43. The van der Waals surface area contributed by atoms with Crippen LogP contribution >= 0.6 is 0 Å². The Morgan fingerprint density at radius 3 is 2.46 bits per heavy atom. The molecule has 1 N–H and O–H groups in total. The molecule has 5 rings (SSSR count). The van der Waals surface area contributed by atoms with Crippen molar-refractivity contribution >= 4 is 11.9 Å². The number of halogens is 1. The lowest BCUT2D eigenvalue weighted by molar-refractivity contribution is -0.141. The van der Waals surface area contributed by atoms with Crippen molar-refractivity contribution in [3.63, 3.8) is 0 Å². The molecule has 3 aromatic carbocycles. The molecule has 0 aromatic heterocycles. The highest BCUT2D eigenvalue weighted by atomic mass is 19.1. The second kappa shape index (κ2) is 11.5. The van der Waals surface area contributed by atoms with Crippen LogP contribution in [0.25, 0.3) is 0 Å². The number of carbonyl (C=O) groups excluding carboxylic acids is 2. The Bertz CT molecular complexity index is 1460. The van der Waals surface area contributed by atoms with Crippen molar-refractivity contribution < 1.29 is 38.0 Å². The van der Waals surface area contributed by atoms with E-state index in [4.69, 9.17) is 18.9 Å². The number of carbonyl (C=O) groups is 2. The van der Waals surface area contributed by atoms with Crippen LogP contribution in [-0.4, -0.2) is 24.2 Å². The van der Waals surface area contributed by atoms with E-state index in [1.165, 1.54) is 19.2 Å². The quantitative estimate of drug-likeness (QED) is 0.243. The van der Waals surface area contributed by atoms with Gasteiger partial charge in [-0.3, -0.25) is 4.79 Å². The van der Waals surface area contributed by atoms with Gasteiger partial charge in [0.05, 0.1) is 18.6 Å². The molecule has 1 atom stereocenters. The first kappa shape index (κ1) is 28.6. The summed E-state index contributed by atoms with van der Waals surface area (Å²) >= 11 is 0. The first-order valence-corrected chi connectivity index (χ1v) is 14.0. The fourth-order valence-electron chi connectivity index (χ4n) is 5.91. The third-order valence-corrected chi connectivity index (χ3v) is 7.91. The Labute approximate surface area is 239 Å². The summed E-state index contributed by atoms with van der Waals surface area (Å²) in [5.74, 6) is -0.464. The van der Waals surface area contributed by atoms with Crippen molar-refractivity contribution in [2.24, 2.45) is 5.92 Å². The predicted molar refractivity (Wildman–Crippen MR) is 150 cm³/mol. The molecule has 7 nitrogen and oxygen atoms in total. The second-order valence-corrected chi connectivity index (χ2v) is 11.3. The number of ether oxygens (including phenoxy) is 4. The molecule has 0 amide bonds. The molecular formula is C33H35FO7. The highest BCUT2D eigenvalue weighted by Gasteiger charge is 2.45. The minimum Gasteiger partial charge on any atom is -0.495 e. The van der Waals surface area contributed by atoms with Crippen LogP contribution in [0.4, 0.5) is 4.39 Å². The lowest BCUT2D eigenvalue weighted by Gasteiger charge is -2.28. The van der Waals surface area contributed by atoms with Crippen LogP contribution in [0.5, 0.6) is 23.0 Å². The number of rotatable bonds is 7. The average molecular weight is 563 g/mol. The van der Waals surface area contributed by atoms with Gasteiger partial charge in [-0.25, -0.2) is 9.18 Å². The maximum atomic E-state index is 13.9. The minimum atomic E-state index is -0.902. The van der Waals surface area contributed by atoms with Gasteiger partial charge in [-0.1, -0.05) is 38.8 Å². The zero-order valence-electron chi connectivity index (χ0n) is 23.8. The number of aliphatic hydroxyl groups is 1. The number of cyclic esters (lactones) is 1. The summed E-state index contributed by atoms with van der Waals surface area (Å²) in [6.45, 7) is 5.72. The number of aliphatic hydroxyl groups excluding tert-OH is 1. The van der Waals surface area contributed by atoms with E-state index >= 15 is 0 Å². The molecule has 1 heterocycles.